The quantitative estimate of drug-likeness (QED) is 0.761. The fraction of sp³-hybridized carbons (Fsp3) is 0.909. The van der Waals surface area contributed by atoms with Crippen LogP contribution in [0.5, 0.6) is 0 Å². The van der Waals surface area contributed by atoms with Crippen molar-refractivity contribution in [1.29, 1.82) is 0 Å². The topological polar surface area (TPSA) is 55.6 Å². The molecule has 0 aromatic carbocycles. The molecular weight excluding hydrogens is 228 g/mol. The molecule has 1 atom stereocenters. The van der Waals surface area contributed by atoms with Gasteiger partial charge in [0.2, 0.25) is 0 Å². The Hall–Kier alpha value is -0.320. The van der Waals surface area contributed by atoms with Gasteiger partial charge in [-0.3, -0.25) is 4.79 Å². The van der Waals surface area contributed by atoms with Crippen LogP contribution in [0.3, 0.4) is 0 Å². The summed E-state index contributed by atoms with van der Waals surface area (Å²) in [4.78, 5) is 13.8. The van der Waals surface area contributed by atoms with E-state index < -0.39 is 5.41 Å². The fourth-order valence-electron chi connectivity index (χ4n) is 2.13. The SMILES string of the molecule is COC(=O)C(C)(C)CN1CCCC(N)C1.Cl. The molecule has 0 spiro atoms. The largest absolute Gasteiger partial charge is 0.469 e. The third kappa shape index (κ3) is 4.28. The van der Waals surface area contributed by atoms with Crippen LogP contribution in [0.15, 0.2) is 0 Å². The van der Waals surface area contributed by atoms with Crippen LogP contribution in [0.2, 0.25) is 0 Å². The van der Waals surface area contributed by atoms with Crippen LogP contribution in [-0.4, -0.2) is 43.7 Å². The zero-order chi connectivity index (χ0) is 11.5. The maximum atomic E-state index is 11.5. The first-order valence-corrected chi connectivity index (χ1v) is 5.52. The van der Waals surface area contributed by atoms with Crippen LogP contribution in [0.25, 0.3) is 0 Å². The molecule has 1 saturated heterocycles. The van der Waals surface area contributed by atoms with Crippen molar-refractivity contribution in [2.45, 2.75) is 32.7 Å². The summed E-state index contributed by atoms with van der Waals surface area (Å²) in [5, 5.41) is 0. The molecule has 0 bridgehead atoms. The maximum absolute atomic E-state index is 11.5. The van der Waals surface area contributed by atoms with Gasteiger partial charge in [-0.2, -0.15) is 0 Å². The molecule has 1 fully saturated rings. The third-order valence-electron chi connectivity index (χ3n) is 2.90. The number of esters is 1. The lowest BCUT2D eigenvalue weighted by Gasteiger charge is -2.35. The molecule has 0 radical (unpaired) electrons. The summed E-state index contributed by atoms with van der Waals surface area (Å²) in [5.41, 5.74) is 5.46. The van der Waals surface area contributed by atoms with Crippen LogP contribution in [0.1, 0.15) is 26.7 Å². The lowest BCUT2D eigenvalue weighted by molar-refractivity contribution is -0.152. The summed E-state index contributed by atoms with van der Waals surface area (Å²) in [5.74, 6) is -0.151. The number of carbonyl (C=O) groups is 1. The van der Waals surface area contributed by atoms with Crippen molar-refractivity contribution >= 4 is 18.4 Å². The van der Waals surface area contributed by atoms with E-state index >= 15 is 0 Å². The predicted octanol–water partition coefficient (Wildman–Crippen LogP) is 1.03. The van der Waals surface area contributed by atoms with E-state index in [1.165, 1.54) is 7.11 Å². The van der Waals surface area contributed by atoms with Crippen LogP contribution < -0.4 is 5.73 Å². The average molecular weight is 251 g/mol. The molecule has 0 saturated carbocycles. The van der Waals surface area contributed by atoms with Crippen LogP contribution in [0.4, 0.5) is 0 Å². The molecule has 0 aromatic heterocycles. The molecule has 1 aliphatic rings. The lowest BCUT2D eigenvalue weighted by atomic mass is 9.91. The van der Waals surface area contributed by atoms with Crippen molar-refractivity contribution in [2.24, 2.45) is 11.1 Å². The first-order chi connectivity index (χ1) is 6.95. The summed E-state index contributed by atoms with van der Waals surface area (Å²) < 4.78 is 4.79. The standard InChI is InChI=1S/C11H22N2O2.ClH/c1-11(2,10(14)15-3)8-13-6-4-5-9(12)7-13;/h9H,4-8,12H2,1-3H3;1H. The number of ether oxygens (including phenoxy) is 1. The number of hydrogen-bond donors (Lipinski definition) is 1. The summed E-state index contributed by atoms with van der Waals surface area (Å²) in [7, 11) is 1.44. The van der Waals surface area contributed by atoms with Crippen LogP contribution >= 0.6 is 12.4 Å². The van der Waals surface area contributed by atoms with E-state index in [1.54, 1.807) is 0 Å². The number of nitrogens with two attached hydrogens (primary N) is 1. The van der Waals surface area contributed by atoms with E-state index in [4.69, 9.17) is 10.5 Å². The Morgan fingerprint density at radius 3 is 2.69 bits per heavy atom. The predicted molar refractivity (Wildman–Crippen MR) is 66.7 cm³/mol. The Labute approximate surface area is 104 Å². The van der Waals surface area contributed by atoms with E-state index in [2.05, 4.69) is 4.90 Å². The molecule has 2 N–H and O–H groups in total. The van der Waals surface area contributed by atoms with Crippen molar-refractivity contribution in [2.75, 3.05) is 26.7 Å². The van der Waals surface area contributed by atoms with Crippen LogP contribution in [-0.2, 0) is 9.53 Å². The summed E-state index contributed by atoms with van der Waals surface area (Å²) in [6.07, 6.45) is 2.22. The number of nitrogens with zero attached hydrogens (tertiary/aromatic N) is 1. The van der Waals surface area contributed by atoms with Gasteiger partial charge in [0, 0.05) is 19.1 Å². The lowest BCUT2D eigenvalue weighted by Crippen LogP contribution is -2.48. The molecule has 1 aliphatic heterocycles. The maximum Gasteiger partial charge on any atom is 0.312 e. The highest BCUT2D eigenvalue weighted by molar-refractivity contribution is 5.85. The molecular formula is C11H23ClN2O2. The van der Waals surface area contributed by atoms with Gasteiger partial charge in [-0.1, -0.05) is 0 Å². The highest BCUT2D eigenvalue weighted by atomic mass is 35.5. The molecule has 5 heteroatoms. The van der Waals surface area contributed by atoms with Crippen molar-refractivity contribution in [3.8, 4) is 0 Å². The van der Waals surface area contributed by atoms with E-state index in [0.717, 1.165) is 32.5 Å². The minimum absolute atomic E-state index is 0. The van der Waals surface area contributed by atoms with Gasteiger partial charge in [0.05, 0.1) is 12.5 Å². The molecule has 4 nitrogen and oxygen atoms in total. The summed E-state index contributed by atoms with van der Waals surface area (Å²) in [6.45, 7) is 6.49. The number of carbonyl (C=O) groups excluding carboxylic acids is 1. The van der Waals surface area contributed by atoms with E-state index in [-0.39, 0.29) is 24.4 Å². The van der Waals surface area contributed by atoms with Gasteiger partial charge >= 0.3 is 5.97 Å². The number of methoxy groups -OCH3 is 1. The highest BCUT2D eigenvalue weighted by Gasteiger charge is 2.32. The molecule has 96 valence electrons. The van der Waals surface area contributed by atoms with Gasteiger partial charge < -0.3 is 15.4 Å². The third-order valence-corrected chi connectivity index (χ3v) is 2.90. The number of hydrogen-bond acceptors (Lipinski definition) is 4. The molecule has 0 aromatic rings. The van der Waals surface area contributed by atoms with E-state index in [0.29, 0.717) is 0 Å². The number of halogens is 1. The van der Waals surface area contributed by atoms with E-state index in [9.17, 15) is 4.79 Å². The second-order valence-electron chi connectivity index (χ2n) is 5.01. The summed E-state index contributed by atoms with van der Waals surface area (Å²) >= 11 is 0. The number of rotatable bonds is 3. The Morgan fingerprint density at radius 2 is 2.19 bits per heavy atom. The van der Waals surface area contributed by atoms with Gasteiger partial charge in [-0.05, 0) is 33.2 Å². The zero-order valence-electron chi connectivity index (χ0n) is 10.4. The Bertz CT molecular complexity index is 234. The van der Waals surface area contributed by atoms with Crippen molar-refractivity contribution in [3.63, 3.8) is 0 Å². The minimum Gasteiger partial charge on any atom is -0.469 e. The zero-order valence-corrected chi connectivity index (χ0v) is 11.2. The average Bonchev–Trinajstić information content (AvgIpc) is 2.15. The van der Waals surface area contributed by atoms with Gasteiger partial charge in [-0.15, -0.1) is 12.4 Å². The normalized spacial score (nSPS) is 22.4. The monoisotopic (exact) mass is 250 g/mol. The number of piperidine rings is 1. The Morgan fingerprint density at radius 1 is 1.56 bits per heavy atom. The van der Waals surface area contributed by atoms with Crippen molar-refractivity contribution in [3.05, 3.63) is 0 Å². The van der Waals surface area contributed by atoms with E-state index in [1.807, 2.05) is 13.8 Å². The molecule has 1 heterocycles. The second kappa shape index (κ2) is 6.42. The Kier molecular flexibility index (Phi) is 6.30. The fourth-order valence-corrected chi connectivity index (χ4v) is 2.13. The summed E-state index contributed by atoms with van der Waals surface area (Å²) in [6, 6.07) is 0.257. The molecule has 0 amide bonds. The van der Waals surface area contributed by atoms with Crippen LogP contribution in [0, 0.1) is 5.41 Å². The van der Waals surface area contributed by atoms with Gasteiger partial charge in [0.15, 0.2) is 0 Å². The first-order valence-electron chi connectivity index (χ1n) is 5.52. The molecule has 16 heavy (non-hydrogen) atoms. The highest BCUT2D eigenvalue weighted by Crippen LogP contribution is 2.21. The Balaban J connectivity index is 0.00000225. The molecule has 1 rings (SSSR count). The second-order valence-corrected chi connectivity index (χ2v) is 5.01. The van der Waals surface area contributed by atoms with Crippen molar-refractivity contribution < 1.29 is 9.53 Å². The van der Waals surface area contributed by atoms with Gasteiger partial charge in [0.25, 0.3) is 0 Å². The van der Waals surface area contributed by atoms with Crippen molar-refractivity contribution in [1.82, 2.24) is 4.90 Å². The minimum atomic E-state index is -0.439. The van der Waals surface area contributed by atoms with Gasteiger partial charge in [-0.25, -0.2) is 0 Å². The molecule has 0 aliphatic carbocycles. The first kappa shape index (κ1) is 15.7. The van der Waals surface area contributed by atoms with Gasteiger partial charge in [0.1, 0.15) is 0 Å². The smallest absolute Gasteiger partial charge is 0.312 e. The number of likely N-dealkylation sites (tertiary alicyclic amines) is 1. The molecule has 1 unspecified atom stereocenters.